The Balaban J connectivity index is 1.99. The zero-order valence-corrected chi connectivity index (χ0v) is 13.2. The Bertz CT molecular complexity index is 677. The molecular formula is C16H18ClN3O2. The minimum Gasteiger partial charge on any atom is -0.480 e. The molecule has 0 bridgehead atoms. The van der Waals surface area contributed by atoms with Crippen molar-refractivity contribution in [3.8, 4) is 0 Å². The minimum atomic E-state index is -0.920. The summed E-state index contributed by atoms with van der Waals surface area (Å²) in [4.78, 5) is 11.4. The van der Waals surface area contributed by atoms with Crippen LogP contribution in [0.25, 0.3) is 6.08 Å². The number of hydrogen-bond donors (Lipinski definition) is 2. The SMILES string of the molecule is Cc1nn(C)cc1C(NC/C=C/c1ccc(Cl)cc1)C(=O)O. The number of rotatable bonds is 6. The molecule has 2 aromatic rings. The molecule has 0 fully saturated rings. The van der Waals surface area contributed by atoms with Gasteiger partial charge in [0.1, 0.15) is 6.04 Å². The van der Waals surface area contributed by atoms with Crippen LogP contribution in [-0.4, -0.2) is 27.4 Å². The highest BCUT2D eigenvalue weighted by Crippen LogP contribution is 2.16. The second kappa shape index (κ2) is 7.24. The predicted octanol–water partition coefficient (Wildman–Crippen LogP) is 2.81. The van der Waals surface area contributed by atoms with E-state index in [1.165, 1.54) is 0 Å². The first kappa shape index (κ1) is 16.3. The Morgan fingerprint density at radius 2 is 2.14 bits per heavy atom. The number of carbonyl (C=O) groups is 1. The second-order valence-corrected chi connectivity index (χ2v) is 5.41. The van der Waals surface area contributed by atoms with Gasteiger partial charge in [-0.15, -0.1) is 0 Å². The summed E-state index contributed by atoms with van der Waals surface area (Å²) < 4.78 is 1.62. The van der Waals surface area contributed by atoms with Crippen LogP contribution in [0.3, 0.4) is 0 Å². The first-order chi connectivity index (χ1) is 10.5. The third kappa shape index (κ3) is 4.19. The van der Waals surface area contributed by atoms with Crippen LogP contribution in [0.1, 0.15) is 22.9 Å². The van der Waals surface area contributed by atoms with E-state index in [2.05, 4.69) is 10.4 Å². The van der Waals surface area contributed by atoms with Gasteiger partial charge in [-0.05, 0) is 24.6 Å². The standard InChI is InChI=1S/C16H18ClN3O2/c1-11-14(10-20(2)19-11)15(16(21)22)18-9-3-4-12-5-7-13(17)8-6-12/h3-8,10,15,18H,9H2,1-2H3,(H,21,22)/b4-3+. The van der Waals surface area contributed by atoms with E-state index in [1.54, 1.807) is 24.9 Å². The number of aromatic nitrogens is 2. The van der Waals surface area contributed by atoms with Crippen LogP contribution in [0.15, 0.2) is 36.5 Å². The van der Waals surface area contributed by atoms with Crippen LogP contribution in [0.2, 0.25) is 5.02 Å². The van der Waals surface area contributed by atoms with Gasteiger partial charge >= 0.3 is 5.97 Å². The predicted molar refractivity (Wildman–Crippen MR) is 86.8 cm³/mol. The zero-order valence-electron chi connectivity index (χ0n) is 12.5. The summed E-state index contributed by atoms with van der Waals surface area (Å²) >= 11 is 5.82. The molecule has 0 saturated heterocycles. The Kier molecular flexibility index (Phi) is 5.35. The number of hydrogen-bond acceptors (Lipinski definition) is 3. The summed E-state index contributed by atoms with van der Waals surface area (Å²) in [6, 6.07) is 6.66. The molecule has 116 valence electrons. The van der Waals surface area contributed by atoms with Crippen molar-refractivity contribution in [2.24, 2.45) is 7.05 Å². The molecule has 5 nitrogen and oxygen atoms in total. The van der Waals surface area contributed by atoms with Gasteiger partial charge in [-0.1, -0.05) is 35.9 Å². The maximum Gasteiger partial charge on any atom is 0.325 e. The number of halogens is 1. The maximum atomic E-state index is 11.4. The molecule has 0 saturated carbocycles. The number of nitrogens with zero attached hydrogens (tertiary/aromatic N) is 2. The first-order valence-electron chi connectivity index (χ1n) is 6.86. The van der Waals surface area contributed by atoms with Crippen LogP contribution in [0.5, 0.6) is 0 Å². The summed E-state index contributed by atoms with van der Waals surface area (Å²) in [6.45, 7) is 2.24. The molecule has 6 heteroatoms. The van der Waals surface area contributed by atoms with Crippen LogP contribution in [0.4, 0.5) is 0 Å². The largest absolute Gasteiger partial charge is 0.480 e. The van der Waals surface area contributed by atoms with Gasteiger partial charge < -0.3 is 5.11 Å². The minimum absolute atomic E-state index is 0.438. The van der Waals surface area contributed by atoms with Crippen LogP contribution in [-0.2, 0) is 11.8 Å². The Hall–Kier alpha value is -2.11. The third-order valence-corrected chi connectivity index (χ3v) is 3.48. The van der Waals surface area contributed by atoms with Crippen molar-refractivity contribution >= 4 is 23.6 Å². The fourth-order valence-corrected chi connectivity index (χ4v) is 2.31. The molecule has 0 spiro atoms. The number of carboxylic acids is 1. The van der Waals surface area contributed by atoms with E-state index in [9.17, 15) is 9.90 Å². The van der Waals surface area contributed by atoms with Gasteiger partial charge in [0, 0.05) is 30.4 Å². The van der Waals surface area contributed by atoms with Crippen LogP contribution >= 0.6 is 11.6 Å². The first-order valence-corrected chi connectivity index (χ1v) is 7.23. The average molecular weight is 320 g/mol. The van der Waals surface area contributed by atoms with Crippen molar-refractivity contribution in [3.63, 3.8) is 0 Å². The van der Waals surface area contributed by atoms with E-state index in [1.807, 2.05) is 36.4 Å². The molecule has 0 radical (unpaired) electrons. The summed E-state index contributed by atoms with van der Waals surface area (Å²) in [6.07, 6.45) is 5.52. The van der Waals surface area contributed by atoms with Gasteiger partial charge in [0.25, 0.3) is 0 Å². The van der Waals surface area contributed by atoms with Crippen molar-refractivity contribution < 1.29 is 9.90 Å². The fourth-order valence-electron chi connectivity index (χ4n) is 2.19. The number of carboxylic acid groups (broad SMARTS) is 1. The van der Waals surface area contributed by atoms with Gasteiger partial charge in [0.05, 0.1) is 5.69 Å². The Morgan fingerprint density at radius 1 is 1.45 bits per heavy atom. The van der Waals surface area contributed by atoms with E-state index in [0.29, 0.717) is 22.8 Å². The summed E-state index contributed by atoms with van der Waals surface area (Å²) in [5.41, 5.74) is 2.40. The molecule has 1 unspecified atom stereocenters. The highest BCUT2D eigenvalue weighted by atomic mass is 35.5. The lowest BCUT2D eigenvalue weighted by Crippen LogP contribution is -2.28. The second-order valence-electron chi connectivity index (χ2n) is 4.98. The maximum absolute atomic E-state index is 11.4. The summed E-state index contributed by atoms with van der Waals surface area (Å²) in [5.74, 6) is -0.920. The van der Waals surface area contributed by atoms with Gasteiger partial charge in [-0.25, -0.2) is 0 Å². The van der Waals surface area contributed by atoms with Crippen molar-refractivity contribution in [2.45, 2.75) is 13.0 Å². The number of nitrogens with one attached hydrogen (secondary N) is 1. The van der Waals surface area contributed by atoms with Gasteiger partial charge in [-0.3, -0.25) is 14.8 Å². The molecule has 0 aliphatic heterocycles. The Labute approximate surface area is 134 Å². The normalized spacial score (nSPS) is 12.7. The molecule has 0 amide bonds. The van der Waals surface area contributed by atoms with Crippen molar-refractivity contribution in [2.75, 3.05) is 6.54 Å². The summed E-state index contributed by atoms with van der Waals surface area (Å²) in [7, 11) is 1.77. The third-order valence-electron chi connectivity index (χ3n) is 3.23. The van der Waals surface area contributed by atoms with E-state index >= 15 is 0 Å². The quantitative estimate of drug-likeness (QED) is 0.859. The molecule has 1 aromatic carbocycles. The Morgan fingerprint density at radius 3 is 2.68 bits per heavy atom. The monoisotopic (exact) mass is 319 g/mol. The van der Waals surface area contributed by atoms with E-state index in [0.717, 1.165) is 5.56 Å². The van der Waals surface area contributed by atoms with E-state index in [-0.39, 0.29) is 0 Å². The van der Waals surface area contributed by atoms with Crippen molar-refractivity contribution in [1.82, 2.24) is 15.1 Å². The van der Waals surface area contributed by atoms with Crippen LogP contribution in [0, 0.1) is 6.92 Å². The molecule has 0 aliphatic rings. The lowest BCUT2D eigenvalue weighted by atomic mass is 10.1. The summed E-state index contributed by atoms with van der Waals surface area (Å²) in [5, 5.41) is 17.2. The van der Waals surface area contributed by atoms with Crippen molar-refractivity contribution in [1.29, 1.82) is 0 Å². The molecule has 0 aliphatic carbocycles. The van der Waals surface area contributed by atoms with Crippen molar-refractivity contribution in [3.05, 3.63) is 58.4 Å². The van der Waals surface area contributed by atoms with Gasteiger partial charge in [0.2, 0.25) is 0 Å². The molecule has 2 rings (SSSR count). The van der Waals surface area contributed by atoms with Crippen LogP contribution < -0.4 is 5.32 Å². The average Bonchev–Trinajstić information content (AvgIpc) is 2.79. The molecule has 1 heterocycles. The highest BCUT2D eigenvalue weighted by Gasteiger charge is 2.22. The van der Waals surface area contributed by atoms with Gasteiger partial charge in [0.15, 0.2) is 0 Å². The molecular weight excluding hydrogens is 302 g/mol. The number of benzene rings is 1. The fraction of sp³-hybridized carbons (Fsp3) is 0.250. The molecule has 1 aromatic heterocycles. The smallest absolute Gasteiger partial charge is 0.325 e. The molecule has 1 atom stereocenters. The number of aryl methyl sites for hydroxylation is 2. The highest BCUT2D eigenvalue weighted by molar-refractivity contribution is 6.30. The lowest BCUT2D eigenvalue weighted by molar-refractivity contribution is -0.139. The van der Waals surface area contributed by atoms with E-state index < -0.39 is 12.0 Å². The number of aliphatic carboxylic acids is 1. The topological polar surface area (TPSA) is 67.2 Å². The zero-order chi connectivity index (χ0) is 16.1. The lowest BCUT2D eigenvalue weighted by Gasteiger charge is -2.12. The molecule has 22 heavy (non-hydrogen) atoms. The molecule has 2 N–H and O–H groups in total. The van der Waals surface area contributed by atoms with E-state index in [4.69, 9.17) is 11.6 Å². The van der Waals surface area contributed by atoms with Gasteiger partial charge in [-0.2, -0.15) is 5.10 Å².